The van der Waals surface area contributed by atoms with Crippen LogP contribution in [0.3, 0.4) is 0 Å². The first kappa shape index (κ1) is 3.88. The summed E-state index contributed by atoms with van der Waals surface area (Å²) in [4.78, 5) is 7.36. The third-order valence-electron chi connectivity index (χ3n) is 0.0962. The van der Waals surface area contributed by atoms with E-state index in [0.29, 0.717) is 0 Å². The Bertz CT molecular complexity index is 8.00. The fourth-order valence-corrected chi connectivity index (χ4v) is 0. The molecule has 3 heteroatoms. The largest absolute Gasteiger partial charge is 0.222 e. The molecule has 0 aromatic heterocycles. The molecule has 0 aromatic rings. The van der Waals surface area contributed by atoms with Crippen LogP contribution in [-0.2, 0) is 9.88 Å². The monoisotopic (exact) mass is 63.0 g/mol. The third kappa shape index (κ3) is 1.88. The van der Waals surface area contributed by atoms with E-state index >= 15 is 0 Å². The summed E-state index contributed by atoms with van der Waals surface area (Å²) in [5, 5.41) is 0. The fourth-order valence-electron chi connectivity index (χ4n) is 0. The van der Waals surface area contributed by atoms with Crippen molar-refractivity contribution < 1.29 is 9.88 Å². The molecule has 0 aliphatic carbocycles. The van der Waals surface area contributed by atoms with Gasteiger partial charge in [-0.1, -0.05) is 0 Å². The number of hydrogen-bond donors (Lipinski definition) is 1. The average molecular weight is 63.1 g/mol. The Labute approximate surface area is 24.2 Å². The number of hydrogen-bond acceptors (Lipinski definition) is 3. The van der Waals surface area contributed by atoms with Crippen molar-refractivity contribution in [3.8, 4) is 0 Å². The molecule has 0 bridgehead atoms. The molecule has 4 heavy (non-hydrogen) atoms. The van der Waals surface area contributed by atoms with E-state index in [1.54, 1.807) is 0 Å². The highest BCUT2D eigenvalue weighted by molar-refractivity contribution is 3.38. The van der Waals surface area contributed by atoms with Crippen molar-refractivity contribution in [2.24, 2.45) is 5.90 Å². The fraction of sp³-hybridized carbons (Fsp3) is 1.00. The van der Waals surface area contributed by atoms with E-state index in [0.717, 1.165) is 0 Å². The van der Waals surface area contributed by atoms with E-state index in [9.17, 15) is 0 Å². The molecular weight excluding hydrogens is 58.0 g/mol. The first-order chi connectivity index (χ1) is 1.91. The molecule has 3 nitrogen and oxygen atoms in total. The van der Waals surface area contributed by atoms with Crippen LogP contribution in [0.25, 0.3) is 0 Å². The lowest BCUT2D eigenvalue weighted by Gasteiger charge is -1.77. The molecule has 0 spiro atoms. The van der Waals surface area contributed by atoms with Gasteiger partial charge < -0.3 is 0 Å². The second-order valence-corrected chi connectivity index (χ2v) is 0.263. The molecular formula is CH5NO2. The summed E-state index contributed by atoms with van der Waals surface area (Å²) in [6.45, 7) is 0. The highest BCUT2D eigenvalue weighted by Gasteiger charge is 1.48. The van der Waals surface area contributed by atoms with Crippen LogP contribution >= 0.6 is 0 Å². The Morgan fingerprint density at radius 3 is 2.00 bits per heavy atom. The predicted molar refractivity (Wildman–Crippen MR) is 12.3 cm³/mol. The molecule has 0 amide bonds. The minimum Gasteiger partial charge on any atom is -0.222 e. The van der Waals surface area contributed by atoms with E-state index < -0.39 is 0 Å². The summed E-state index contributed by atoms with van der Waals surface area (Å²) in [7, 11) is 1.33. The lowest BCUT2D eigenvalue weighted by molar-refractivity contribution is -0.277. The highest BCUT2D eigenvalue weighted by atomic mass is 17.3. The average Bonchev–Trinajstić information content (AvgIpc) is 1.37. The Kier molecular flexibility index (Phi) is 2.79. The molecule has 0 fully saturated rings. The first-order valence-corrected chi connectivity index (χ1v) is 0.811. The molecule has 0 unspecified atom stereocenters. The van der Waals surface area contributed by atoms with E-state index in [1.165, 1.54) is 7.11 Å². The molecule has 0 rings (SSSR count). The molecule has 0 aromatic carbocycles. The molecule has 0 atom stereocenters. The molecule has 0 radical (unpaired) electrons. The second-order valence-electron chi connectivity index (χ2n) is 0.263. The van der Waals surface area contributed by atoms with Crippen molar-refractivity contribution >= 4 is 0 Å². The van der Waals surface area contributed by atoms with E-state index in [2.05, 4.69) is 15.8 Å². The highest BCUT2D eigenvalue weighted by Crippen LogP contribution is 1.44. The summed E-state index contributed by atoms with van der Waals surface area (Å²) >= 11 is 0. The van der Waals surface area contributed by atoms with Crippen molar-refractivity contribution in [1.82, 2.24) is 0 Å². The van der Waals surface area contributed by atoms with E-state index in [4.69, 9.17) is 0 Å². The predicted octanol–water partition coefficient (Wildman–Crippen LogP) is -0.562. The Morgan fingerprint density at radius 1 is 1.75 bits per heavy atom. The summed E-state index contributed by atoms with van der Waals surface area (Å²) in [6.07, 6.45) is 0. The second kappa shape index (κ2) is 2.88. The lowest BCUT2D eigenvalue weighted by Crippen LogP contribution is -1.93. The van der Waals surface area contributed by atoms with Gasteiger partial charge in [0, 0.05) is 0 Å². The molecule has 26 valence electrons. The van der Waals surface area contributed by atoms with Crippen molar-refractivity contribution in [1.29, 1.82) is 0 Å². The molecule has 0 aliphatic heterocycles. The van der Waals surface area contributed by atoms with Gasteiger partial charge in [0.2, 0.25) is 0 Å². The van der Waals surface area contributed by atoms with Crippen LogP contribution < -0.4 is 5.90 Å². The summed E-state index contributed by atoms with van der Waals surface area (Å²) in [5.74, 6) is 4.31. The third-order valence-corrected chi connectivity index (χ3v) is 0.0962. The molecule has 2 N–H and O–H groups in total. The van der Waals surface area contributed by atoms with Gasteiger partial charge >= 0.3 is 0 Å². The summed E-state index contributed by atoms with van der Waals surface area (Å²) in [6, 6.07) is 0. The molecule has 0 aliphatic rings. The van der Waals surface area contributed by atoms with Crippen LogP contribution in [0, 0.1) is 0 Å². The summed E-state index contributed by atoms with van der Waals surface area (Å²) < 4.78 is 0. The first-order valence-electron chi connectivity index (χ1n) is 0.811. The van der Waals surface area contributed by atoms with Crippen LogP contribution in [0.5, 0.6) is 0 Å². The van der Waals surface area contributed by atoms with Crippen molar-refractivity contribution in [3.05, 3.63) is 0 Å². The van der Waals surface area contributed by atoms with Crippen LogP contribution in [-0.4, -0.2) is 7.11 Å². The zero-order valence-electron chi connectivity index (χ0n) is 2.39. The standard InChI is InChI=1S/CH5NO2/c1-3-4-2/h2H2,1H3. The minimum absolute atomic E-state index is 1.33. The lowest BCUT2D eigenvalue weighted by atomic mass is 11.8. The van der Waals surface area contributed by atoms with Gasteiger partial charge in [0.15, 0.2) is 0 Å². The quantitative estimate of drug-likeness (QED) is 0.327. The van der Waals surface area contributed by atoms with Gasteiger partial charge in [-0.05, 0) is 0 Å². The van der Waals surface area contributed by atoms with Crippen LogP contribution in [0.15, 0.2) is 0 Å². The van der Waals surface area contributed by atoms with Gasteiger partial charge in [0.05, 0.1) is 7.11 Å². The SMILES string of the molecule is COON. The normalized spacial score (nSPS) is 7.50. The zero-order chi connectivity index (χ0) is 3.41. The van der Waals surface area contributed by atoms with Crippen molar-refractivity contribution in [2.75, 3.05) is 7.11 Å². The van der Waals surface area contributed by atoms with Crippen LogP contribution in [0.2, 0.25) is 0 Å². The molecule has 0 heterocycles. The molecule has 0 saturated carbocycles. The van der Waals surface area contributed by atoms with E-state index in [1.807, 2.05) is 0 Å². The van der Waals surface area contributed by atoms with Gasteiger partial charge in [-0.3, -0.25) is 0 Å². The van der Waals surface area contributed by atoms with Crippen LogP contribution in [0.4, 0.5) is 0 Å². The van der Waals surface area contributed by atoms with Gasteiger partial charge in [-0.2, -0.15) is 5.90 Å². The maximum atomic E-state index is 4.31. The minimum atomic E-state index is 1.33. The van der Waals surface area contributed by atoms with Gasteiger partial charge in [-0.15, -0.1) is 4.99 Å². The maximum absolute atomic E-state index is 4.31. The Balaban J connectivity index is 1.97. The Hall–Kier alpha value is -0.120. The van der Waals surface area contributed by atoms with Crippen LogP contribution in [0.1, 0.15) is 0 Å². The van der Waals surface area contributed by atoms with Gasteiger partial charge in [0.25, 0.3) is 0 Å². The van der Waals surface area contributed by atoms with Gasteiger partial charge in [0.1, 0.15) is 0 Å². The zero-order valence-corrected chi connectivity index (χ0v) is 2.39. The van der Waals surface area contributed by atoms with Crippen molar-refractivity contribution in [3.63, 3.8) is 0 Å². The number of rotatable bonds is 1. The topological polar surface area (TPSA) is 44.5 Å². The van der Waals surface area contributed by atoms with E-state index in [-0.39, 0.29) is 0 Å². The number of nitrogens with two attached hydrogens (primary N) is 1. The Morgan fingerprint density at radius 2 is 2.00 bits per heavy atom. The summed E-state index contributed by atoms with van der Waals surface area (Å²) in [5.41, 5.74) is 0. The molecule has 0 saturated heterocycles. The maximum Gasteiger partial charge on any atom is 0.0732 e. The van der Waals surface area contributed by atoms with Gasteiger partial charge in [-0.25, -0.2) is 4.89 Å². The smallest absolute Gasteiger partial charge is 0.0732 e. The van der Waals surface area contributed by atoms with Crippen molar-refractivity contribution in [2.45, 2.75) is 0 Å².